The van der Waals surface area contributed by atoms with E-state index in [2.05, 4.69) is 41.8 Å². The zero-order valence-electron chi connectivity index (χ0n) is 12.4. The number of rotatable bonds is 6. The van der Waals surface area contributed by atoms with Crippen molar-refractivity contribution in [2.45, 2.75) is 51.0 Å². The minimum atomic E-state index is 0.417. The number of benzene rings is 1. The van der Waals surface area contributed by atoms with E-state index in [1.807, 2.05) is 7.05 Å². The Kier molecular flexibility index (Phi) is 5.87. The van der Waals surface area contributed by atoms with E-state index in [-0.39, 0.29) is 0 Å². The Labute approximate surface area is 118 Å². The Morgan fingerprint density at radius 3 is 2.37 bits per heavy atom. The van der Waals surface area contributed by atoms with Gasteiger partial charge in [0.15, 0.2) is 0 Å². The van der Waals surface area contributed by atoms with Crippen LogP contribution in [0.15, 0.2) is 24.3 Å². The molecule has 0 aliphatic heterocycles. The lowest BCUT2D eigenvalue weighted by atomic mass is 9.84. The Morgan fingerprint density at radius 2 is 1.79 bits per heavy atom. The van der Waals surface area contributed by atoms with Gasteiger partial charge in [-0.3, -0.25) is 0 Å². The second-order valence-electron chi connectivity index (χ2n) is 5.65. The van der Waals surface area contributed by atoms with Crippen LogP contribution in [-0.2, 0) is 0 Å². The van der Waals surface area contributed by atoms with Crippen molar-refractivity contribution in [2.75, 3.05) is 20.1 Å². The first-order valence-corrected chi connectivity index (χ1v) is 7.83. The maximum absolute atomic E-state index is 3.41. The lowest BCUT2D eigenvalue weighted by Crippen LogP contribution is -2.29. The fraction of sp³-hybridized carbons (Fsp3) is 0.647. The summed E-state index contributed by atoms with van der Waals surface area (Å²) >= 11 is 0. The van der Waals surface area contributed by atoms with Crippen molar-refractivity contribution in [3.63, 3.8) is 0 Å². The Bertz CT molecular complexity index is 352. The maximum Gasteiger partial charge on any atom is 0.0444 e. The summed E-state index contributed by atoms with van der Waals surface area (Å²) in [7, 11) is 2.04. The lowest BCUT2D eigenvalue weighted by Gasteiger charge is -2.23. The van der Waals surface area contributed by atoms with Crippen LogP contribution in [0.25, 0.3) is 0 Å². The summed E-state index contributed by atoms with van der Waals surface area (Å²) in [5.74, 6) is 0.810. The number of hydrogen-bond acceptors (Lipinski definition) is 2. The van der Waals surface area contributed by atoms with Gasteiger partial charge >= 0.3 is 0 Å². The molecule has 1 unspecified atom stereocenters. The van der Waals surface area contributed by atoms with Gasteiger partial charge in [-0.2, -0.15) is 0 Å². The van der Waals surface area contributed by atoms with E-state index in [0.717, 1.165) is 19.0 Å². The first kappa shape index (κ1) is 14.5. The van der Waals surface area contributed by atoms with Crippen molar-refractivity contribution in [1.29, 1.82) is 0 Å². The highest BCUT2D eigenvalue weighted by Gasteiger charge is 2.16. The molecule has 0 amide bonds. The molecule has 1 fully saturated rings. The van der Waals surface area contributed by atoms with E-state index in [4.69, 9.17) is 0 Å². The lowest BCUT2D eigenvalue weighted by molar-refractivity contribution is 0.443. The van der Waals surface area contributed by atoms with Gasteiger partial charge < -0.3 is 10.6 Å². The van der Waals surface area contributed by atoms with Crippen LogP contribution >= 0.6 is 0 Å². The van der Waals surface area contributed by atoms with E-state index >= 15 is 0 Å². The molecule has 2 rings (SSSR count). The van der Waals surface area contributed by atoms with Crippen molar-refractivity contribution >= 4 is 0 Å². The van der Waals surface area contributed by atoms with Crippen molar-refractivity contribution < 1.29 is 0 Å². The molecule has 1 aromatic carbocycles. The van der Waals surface area contributed by atoms with Crippen LogP contribution < -0.4 is 10.6 Å². The van der Waals surface area contributed by atoms with Crippen LogP contribution in [0.3, 0.4) is 0 Å². The van der Waals surface area contributed by atoms with E-state index in [1.165, 1.54) is 37.7 Å². The maximum atomic E-state index is 3.41. The van der Waals surface area contributed by atoms with Gasteiger partial charge in [-0.15, -0.1) is 0 Å². The van der Waals surface area contributed by atoms with E-state index < -0.39 is 0 Å². The zero-order chi connectivity index (χ0) is 13.5. The Hall–Kier alpha value is -0.860. The number of hydrogen-bond donors (Lipinski definition) is 2. The fourth-order valence-electron chi connectivity index (χ4n) is 3.11. The minimum Gasteiger partial charge on any atom is -0.315 e. The van der Waals surface area contributed by atoms with Crippen molar-refractivity contribution in [1.82, 2.24) is 10.6 Å². The highest BCUT2D eigenvalue weighted by molar-refractivity contribution is 5.28. The summed E-state index contributed by atoms with van der Waals surface area (Å²) in [6, 6.07) is 9.73. The fourth-order valence-corrected chi connectivity index (χ4v) is 3.11. The smallest absolute Gasteiger partial charge is 0.0444 e. The molecule has 0 bridgehead atoms. The molecule has 1 aromatic rings. The number of nitrogens with one attached hydrogen (secondary N) is 2. The van der Waals surface area contributed by atoms with Gasteiger partial charge in [-0.25, -0.2) is 0 Å². The molecule has 0 saturated heterocycles. The molecule has 1 aliphatic carbocycles. The predicted octanol–water partition coefficient (Wildman–Crippen LogP) is 3.60. The highest BCUT2D eigenvalue weighted by Crippen LogP contribution is 2.32. The number of likely N-dealkylation sites (N-methyl/N-ethyl adjacent to an activating group) is 2. The largest absolute Gasteiger partial charge is 0.315 e. The van der Waals surface area contributed by atoms with Gasteiger partial charge in [0.25, 0.3) is 0 Å². The quantitative estimate of drug-likeness (QED) is 0.816. The molecule has 2 N–H and O–H groups in total. The molecule has 1 aliphatic rings. The average Bonchev–Trinajstić information content (AvgIpc) is 2.49. The van der Waals surface area contributed by atoms with Crippen LogP contribution in [0.2, 0.25) is 0 Å². The van der Waals surface area contributed by atoms with Crippen molar-refractivity contribution in [2.24, 2.45) is 0 Å². The third kappa shape index (κ3) is 4.05. The molecule has 0 heterocycles. The van der Waals surface area contributed by atoms with Crippen molar-refractivity contribution in [3.8, 4) is 0 Å². The Balaban J connectivity index is 1.99. The summed E-state index contributed by atoms with van der Waals surface area (Å²) in [6.45, 7) is 4.17. The van der Waals surface area contributed by atoms with Crippen LogP contribution in [0, 0.1) is 0 Å². The van der Waals surface area contributed by atoms with Gasteiger partial charge in [0, 0.05) is 12.6 Å². The second kappa shape index (κ2) is 7.66. The van der Waals surface area contributed by atoms with E-state index in [1.54, 1.807) is 5.56 Å². The first-order valence-electron chi connectivity index (χ1n) is 7.83. The summed E-state index contributed by atoms with van der Waals surface area (Å²) in [6.07, 6.45) is 7.01. The molecule has 1 saturated carbocycles. The summed E-state index contributed by atoms with van der Waals surface area (Å²) in [5.41, 5.74) is 2.93. The first-order chi connectivity index (χ1) is 9.35. The Morgan fingerprint density at radius 1 is 1.11 bits per heavy atom. The van der Waals surface area contributed by atoms with Crippen molar-refractivity contribution in [3.05, 3.63) is 35.4 Å². The average molecular weight is 260 g/mol. The standard InChI is InChI=1S/C17H28N2/c1-3-19-13-17(18-2)16-11-9-15(10-12-16)14-7-5-4-6-8-14/h9-12,14,17-19H,3-8,13H2,1-2H3. The van der Waals surface area contributed by atoms with Gasteiger partial charge in [0.2, 0.25) is 0 Å². The monoisotopic (exact) mass is 260 g/mol. The molecule has 0 spiro atoms. The van der Waals surface area contributed by atoms with Gasteiger partial charge in [-0.05, 0) is 43.5 Å². The van der Waals surface area contributed by atoms with Crippen LogP contribution in [-0.4, -0.2) is 20.1 Å². The zero-order valence-corrected chi connectivity index (χ0v) is 12.4. The molecule has 0 aromatic heterocycles. The molecule has 19 heavy (non-hydrogen) atoms. The summed E-state index contributed by atoms with van der Waals surface area (Å²) < 4.78 is 0. The summed E-state index contributed by atoms with van der Waals surface area (Å²) in [4.78, 5) is 0. The molecule has 0 radical (unpaired) electrons. The molecular formula is C17H28N2. The van der Waals surface area contributed by atoms with Gasteiger partial charge in [0.1, 0.15) is 0 Å². The van der Waals surface area contributed by atoms with Gasteiger partial charge in [0.05, 0.1) is 0 Å². The normalized spacial score (nSPS) is 18.4. The molecule has 2 heteroatoms. The molecule has 2 nitrogen and oxygen atoms in total. The third-order valence-electron chi connectivity index (χ3n) is 4.36. The third-order valence-corrected chi connectivity index (χ3v) is 4.36. The van der Waals surface area contributed by atoms with Crippen LogP contribution in [0.4, 0.5) is 0 Å². The predicted molar refractivity (Wildman–Crippen MR) is 82.6 cm³/mol. The molecule has 1 atom stereocenters. The topological polar surface area (TPSA) is 24.1 Å². The molecule has 106 valence electrons. The van der Waals surface area contributed by atoms with E-state index in [9.17, 15) is 0 Å². The molecular weight excluding hydrogens is 232 g/mol. The summed E-state index contributed by atoms with van der Waals surface area (Å²) in [5, 5.41) is 6.80. The highest BCUT2D eigenvalue weighted by atomic mass is 15.0. The SMILES string of the molecule is CCNCC(NC)c1ccc(C2CCCCC2)cc1. The van der Waals surface area contributed by atoms with Gasteiger partial charge in [-0.1, -0.05) is 50.5 Å². The van der Waals surface area contributed by atoms with E-state index in [0.29, 0.717) is 6.04 Å². The minimum absolute atomic E-state index is 0.417. The van der Waals surface area contributed by atoms with Crippen LogP contribution in [0.1, 0.15) is 62.1 Å². The second-order valence-corrected chi connectivity index (χ2v) is 5.65. The van der Waals surface area contributed by atoms with Crippen LogP contribution in [0.5, 0.6) is 0 Å².